The third kappa shape index (κ3) is 4.52. The average Bonchev–Trinajstić information content (AvgIpc) is 3.17. The Balaban J connectivity index is 0.00000117. The molecule has 0 bridgehead atoms. The lowest BCUT2D eigenvalue weighted by molar-refractivity contribution is -0.0832. The average molecular weight is 419 g/mol. The SMILES string of the molecule is CO.Cc1ccc(S(=O)(=O)O)c(C2CN(C)CC(c3cccc4[nH]ccc34)O2)c1. The predicted octanol–water partition coefficient (Wildman–Crippen LogP) is 3.08. The molecule has 2 aromatic carbocycles. The Kier molecular flexibility index (Phi) is 6.40. The minimum absolute atomic E-state index is 0.0907. The number of rotatable bonds is 3. The topological polar surface area (TPSA) is 103 Å². The molecule has 3 aromatic rings. The number of morpholine rings is 1. The van der Waals surface area contributed by atoms with Gasteiger partial charge in [-0.25, -0.2) is 0 Å². The van der Waals surface area contributed by atoms with Gasteiger partial charge >= 0.3 is 0 Å². The molecule has 0 radical (unpaired) electrons. The maximum absolute atomic E-state index is 11.9. The quantitative estimate of drug-likeness (QED) is 0.565. The summed E-state index contributed by atoms with van der Waals surface area (Å²) in [4.78, 5) is 5.24. The minimum atomic E-state index is -4.33. The molecule has 1 aliphatic rings. The Morgan fingerprint density at radius 1 is 1.07 bits per heavy atom. The van der Waals surface area contributed by atoms with Crippen LogP contribution in [0.25, 0.3) is 10.9 Å². The highest BCUT2D eigenvalue weighted by molar-refractivity contribution is 7.85. The highest BCUT2D eigenvalue weighted by Crippen LogP contribution is 2.37. The van der Waals surface area contributed by atoms with Crippen LogP contribution in [0, 0.1) is 6.92 Å². The summed E-state index contributed by atoms with van der Waals surface area (Å²) in [6, 6.07) is 13.0. The van der Waals surface area contributed by atoms with Crippen molar-refractivity contribution >= 4 is 21.0 Å². The first kappa shape index (κ1) is 21.5. The molecular formula is C21H26N2O5S. The molecule has 4 rings (SSSR count). The third-order valence-corrected chi connectivity index (χ3v) is 5.98. The molecule has 156 valence electrons. The van der Waals surface area contributed by atoms with E-state index in [-0.39, 0.29) is 11.0 Å². The number of aliphatic hydroxyl groups excluding tert-OH is 1. The highest BCUT2D eigenvalue weighted by Gasteiger charge is 2.32. The van der Waals surface area contributed by atoms with Crippen LogP contribution < -0.4 is 0 Å². The van der Waals surface area contributed by atoms with Gasteiger partial charge in [-0.15, -0.1) is 0 Å². The molecular weight excluding hydrogens is 392 g/mol. The van der Waals surface area contributed by atoms with Gasteiger partial charge in [-0.2, -0.15) is 8.42 Å². The summed E-state index contributed by atoms with van der Waals surface area (Å²) >= 11 is 0. The van der Waals surface area contributed by atoms with Crippen LogP contribution in [0.15, 0.2) is 53.6 Å². The number of fused-ring (bicyclic) bond motifs is 1. The van der Waals surface area contributed by atoms with Gasteiger partial charge in [-0.1, -0.05) is 29.8 Å². The Morgan fingerprint density at radius 3 is 2.45 bits per heavy atom. The second-order valence-electron chi connectivity index (χ2n) is 7.14. The van der Waals surface area contributed by atoms with Crippen molar-refractivity contribution in [3.8, 4) is 0 Å². The summed E-state index contributed by atoms with van der Waals surface area (Å²) in [7, 11) is -1.34. The number of nitrogens with one attached hydrogen (secondary N) is 1. The number of likely N-dealkylation sites (N-methyl/N-ethyl adjacent to an activating group) is 1. The van der Waals surface area contributed by atoms with Crippen molar-refractivity contribution in [3.63, 3.8) is 0 Å². The number of aromatic amines is 1. The van der Waals surface area contributed by atoms with Crippen LogP contribution >= 0.6 is 0 Å². The van der Waals surface area contributed by atoms with Crippen LogP contribution in [0.2, 0.25) is 0 Å². The van der Waals surface area contributed by atoms with Gasteiger partial charge in [0, 0.05) is 42.9 Å². The summed E-state index contributed by atoms with van der Waals surface area (Å²) < 4.78 is 39.7. The lowest BCUT2D eigenvalue weighted by Crippen LogP contribution is -2.38. The number of hydrogen-bond donors (Lipinski definition) is 3. The Hall–Kier alpha value is -2.23. The fourth-order valence-electron chi connectivity index (χ4n) is 3.81. The van der Waals surface area contributed by atoms with E-state index in [4.69, 9.17) is 9.84 Å². The summed E-state index contributed by atoms with van der Waals surface area (Å²) in [5.74, 6) is 0. The standard InChI is InChI=1S/C20H22N2O4S.CH4O/c1-13-6-7-20(27(23,24)25)16(10-13)19-12-22(2)11-18(26-19)15-4-3-5-17-14(15)8-9-21-17;1-2/h3-10,18-19,21H,11-12H2,1-2H3,(H,23,24,25);2H,1H3. The van der Waals surface area contributed by atoms with Crippen molar-refractivity contribution in [1.29, 1.82) is 0 Å². The maximum Gasteiger partial charge on any atom is 0.294 e. The van der Waals surface area contributed by atoms with Gasteiger partial charge in [0.25, 0.3) is 10.1 Å². The molecule has 1 aliphatic heterocycles. The van der Waals surface area contributed by atoms with Crippen molar-refractivity contribution in [3.05, 3.63) is 65.4 Å². The predicted molar refractivity (Wildman–Crippen MR) is 111 cm³/mol. The monoisotopic (exact) mass is 418 g/mol. The first-order valence-electron chi connectivity index (χ1n) is 9.25. The van der Waals surface area contributed by atoms with Crippen molar-refractivity contribution in [1.82, 2.24) is 9.88 Å². The largest absolute Gasteiger partial charge is 0.400 e. The molecule has 2 heterocycles. The van der Waals surface area contributed by atoms with Crippen molar-refractivity contribution in [2.75, 3.05) is 27.2 Å². The van der Waals surface area contributed by atoms with Crippen LogP contribution in [0.1, 0.15) is 28.9 Å². The van der Waals surface area contributed by atoms with Crippen LogP contribution in [0.3, 0.4) is 0 Å². The third-order valence-electron chi connectivity index (χ3n) is 5.05. The van der Waals surface area contributed by atoms with E-state index in [9.17, 15) is 13.0 Å². The minimum Gasteiger partial charge on any atom is -0.400 e. The molecule has 1 saturated heterocycles. The van der Waals surface area contributed by atoms with Gasteiger partial charge in [0.05, 0.1) is 17.1 Å². The number of ether oxygens (including phenoxy) is 1. The zero-order valence-corrected chi connectivity index (χ0v) is 17.5. The van der Waals surface area contributed by atoms with E-state index in [1.54, 1.807) is 12.1 Å². The van der Waals surface area contributed by atoms with Crippen LogP contribution in [-0.2, 0) is 14.9 Å². The lowest BCUT2D eigenvalue weighted by Gasteiger charge is -2.37. The maximum atomic E-state index is 11.9. The van der Waals surface area contributed by atoms with Gasteiger partial charge < -0.3 is 19.7 Å². The van der Waals surface area contributed by atoms with E-state index < -0.39 is 16.2 Å². The molecule has 2 unspecified atom stereocenters. The number of benzene rings is 2. The molecule has 0 saturated carbocycles. The number of aliphatic hydroxyl groups is 1. The van der Waals surface area contributed by atoms with Gasteiger partial charge in [-0.05, 0) is 37.7 Å². The lowest BCUT2D eigenvalue weighted by atomic mass is 10.00. The smallest absolute Gasteiger partial charge is 0.294 e. The number of hydrogen-bond acceptors (Lipinski definition) is 5. The van der Waals surface area contributed by atoms with Crippen LogP contribution in [-0.4, -0.2) is 55.2 Å². The van der Waals surface area contributed by atoms with Gasteiger partial charge in [0.2, 0.25) is 0 Å². The first-order valence-corrected chi connectivity index (χ1v) is 10.7. The van der Waals surface area contributed by atoms with Crippen molar-refractivity contribution in [2.24, 2.45) is 0 Å². The molecule has 1 aromatic heterocycles. The normalized spacial score (nSPS) is 20.3. The summed E-state index contributed by atoms with van der Waals surface area (Å²) in [6.45, 7) is 3.14. The number of aromatic nitrogens is 1. The fraction of sp³-hybridized carbons (Fsp3) is 0.333. The summed E-state index contributed by atoms with van der Waals surface area (Å²) in [5, 5.41) is 8.09. The molecule has 8 heteroatoms. The van der Waals surface area contributed by atoms with E-state index in [1.807, 2.05) is 44.4 Å². The van der Waals surface area contributed by atoms with Crippen LogP contribution in [0.4, 0.5) is 0 Å². The molecule has 3 N–H and O–H groups in total. The Morgan fingerprint density at radius 2 is 1.76 bits per heavy atom. The second kappa shape index (κ2) is 8.64. The van der Waals surface area contributed by atoms with Gasteiger partial charge in [-0.3, -0.25) is 4.55 Å². The van der Waals surface area contributed by atoms with Crippen LogP contribution in [0.5, 0.6) is 0 Å². The van der Waals surface area contributed by atoms with E-state index in [0.717, 1.165) is 29.1 Å². The van der Waals surface area contributed by atoms with Crippen molar-refractivity contribution in [2.45, 2.75) is 24.0 Å². The number of H-pyrrole nitrogens is 1. The Labute approximate surface area is 170 Å². The fourth-order valence-corrected chi connectivity index (χ4v) is 4.54. The molecule has 29 heavy (non-hydrogen) atoms. The molecule has 2 atom stereocenters. The molecule has 7 nitrogen and oxygen atoms in total. The van der Waals surface area contributed by atoms with E-state index in [2.05, 4.69) is 9.88 Å². The van der Waals surface area contributed by atoms with Crippen molar-refractivity contribution < 1.29 is 22.8 Å². The zero-order chi connectivity index (χ0) is 21.2. The first-order chi connectivity index (χ1) is 13.8. The van der Waals surface area contributed by atoms with E-state index >= 15 is 0 Å². The number of aryl methyl sites for hydroxylation is 1. The zero-order valence-electron chi connectivity index (χ0n) is 16.7. The molecule has 0 spiro atoms. The summed E-state index contributed by atoms with van der Waals surface area (Å²) in [6.07, 6.45) is 1.23. The Bertz CT molecular complexity index is 1090. The molecule has 0 amide bonds. The van der Waals surface area contributed by atoms with Gasteiger partial charge in [0.15, 0.2) is 0 Å². The summed E-state index contributed by atoms with van der Waals surface area (Å²) in [5.41, 5.74) is 3.51. The van der Waals surface area contributed by atoms with Gasteiger partial charge in [0.1, 0.15) is 0 Å². The van der Waals surface area contributed by atoms with E-state index in [1.165, 1.54) is 6.07 Å². The molecule has 0 aliphatic carbocycles. The highest BCUT2D eigenvalue weighted by atomic mass is 32.2. The second-order valence-corrected chi connectivity index (χ2v) is 8.53. The molecule has 1 fully saturated rings. The number of nitrogens with zero attached hydrogens (tertiary/aromatic N) is 1. The van der Waals surface area contributed by atoms with E-state index in [0.29, 0.717) is 18.7 Å².